The first-order valence-corrected chi connectivity index (χ1v) is 8.78. The molecule has 1 aromatic carbocycles. The van der Waals surface area contributed by atoms with Crippen LogP contribution in [-0.2, 0) is 4.74 Å². The molecule has 0 bridgehead atoms. The predicted molar refractivity (Wildman–Crippen MR) is 90.3 cm³/mol. The maximum atomic E-state index is 5.94. The Balaban J connectivity index is 2.23. The monoisotopic (exact) mass is 309 g/mol. The summed E-state index contributed by atoms with van der Waals surface area (Å²) in [6.07, 6.45) is 2.55. The average molecular weight is 309 g/mol. The zero-order valence-corrected chi connectivity index (χ0v) is 14.2. The third-order valence-electron chi connectivity index (χ3n) is 4.04. The molecule has 1 aliphatic heterocycles. The number of methoxy groups -OCH3 is 1. The lowest BCUT2D eigenvalue weighted by molar-refractivity contribution is 0.145. The summed E-state index contributed by atoms with van der Waals surface area (Å²) in [7, 11) is 1.70. The molecular formula is C17H27NO2S. The SMILES string of the molecule is CCNC(c1ccccc1OCCOC)C1(C)CCCS1. The first-order valence-electron chi connectivity index (χ1n) is 7.79. The first-order chi connectivity index (χ1) is 10.2. The van der Waals surface area contributed by atoms with Crippen molar-refractivity contribution in [1.29, 1.82) is 0 Å². The molecule has 1 aliphatic rings. The molecule has 0 spiro atoms. The van der Waals surface area contributed by atoms with Crippen LogP contribution in [0.3, 0.4) is 0 Å². The first kappa shape index (κ1) is 16.7. The van der Waals surface area contributed by atoms with Crippen molar-refractivity contribution in [3.05, 3.63) is 29.8 Å². The number of hydrogen-bond donors (Lipinski definition) is 1. The van der Waals surface area contributed by atoms with Crippen LogP contribution in [0.4, 0.5) is 0 Å². The minimum Gasteiger partial charge on any atom is -0.491 e. The molecular weight excluding hydrogens is 282 g/mol. The Bertz CT molecular complexity index is 433. The molecule has 0 saturated carbocycles. The van der Waals surface area contributed by atoms with Crippen LogP contribution >= 0.6 is 11.8 Å². The standard InChI is InChI=1S/C17H27NO2S/c1-4-18-16(17(2)10-7-13-21-17)14-8-5-6-9-15(14)20-12-11-19-3/h5-6,8-9,16,18H,4,7,10-13H2,1-3H3. The number of rotatable bonds is 8. The van der Waals surface area contributed by atoms with Gasteiger partial charge in [0.1, 0.15) is 12.4 Å². The zero-order chi connectivity index (χ0) is 15.1. The zero-order valence-electron chi connectivity index (χ0n) is 13.4. The summed E-state index contributed by atoms with van der Waals surface area (Å²) in [6, 6.07) is 8.73. The van der Waals surface area contributed by atoms with Gasteiger partial charge in [-0.3, -0.25) is 0 Å². The molecule has 3 nitrogen and oxygen atoms in total. The Morgan fingerprint density at radius 3 is 2.81 bits per heavy atom. The number of nitrogens with one attached hydrogen (secondary N) is 1. The molecule has 1 fully saturated rings. The molecule has 1 heterocycles. The normalized spacial score (nSPS) is 23.2. The van der Waals surface area contributed by atoms with E-state index >= 15 is 0 Å². The van der Waals surface area contributed by atoms with Gasteiger partial charge in [0, 0.05) is 17.4 Å². The molecule has 1 saturated heterocycles. The van der Waals surface area contributed by atoms with Crippen LogP contribution in [-0.4, -0.2) is 37.4 Å². The van der Waals surface area contributed by atoms with Gasteiger partial charge in [0.15, 0.2) is 0 Å². The van der Waals surface area contributed by atoms with Crippen LogP contribution < -0.4 is 10.1 Å². The second-order valence-electron chi connectivity index (χ2n) is 5.63. The minimum atomic E-state index is 0.247. The van der Waals surface area contributed by atoms with Crippen molar-refractivity contribution in [2.75, 3.05) is 32.6 Å². The van der Waals surface area contributed by atoms with Gasteiger partial charge in [0.05, 0.1) is 12.6 Å². The lowest BCUT2D eigenvalue weighted by Crippen LogP contribution is -2.37. The third kappa shape index (κ3) is 4.15. The van der Waals surface area contributed by atoms with Crippen LogP contribution in [0.1, 0.15) is 38.3 Å². The quantitative estimate of drug-likeness (QED) is 0.743. The Hall–Kier alpha value is -0.710. The van der Waals surface area contributed by atoms with E-state index in [2.05, 4.69) is 49.1 Å². The second kappa shape index (κ2) is 8.06. The van der Waals surface area contributed by atoms with Crippen molar-refractivity contribution < 1.29 is 9.47 Å². The van der Waals surface area contributed by atoms with E-state index in [1.807, 2.05) is 6.07 Å². The van der Waals surface area contributed by atoms with E-state index in [0.29, 0.717) is 19.3 Å². The molecule has 118 valence electrons. The lowest BCUT2D eigenvalue weighted by atomic mass is 9.89. The van der Waals surface area contributed by atoms with Crippen molar-refractivity contribution in [2.45, 2.75) is 37.5 Å². The van der Waals surface area contributed by atoms with E-state index in [9.17, 15) is 0 Å². The van der Waals surface area contributed by atoms with Gasteiger partial charge in [-0.25, -0.2) is 0 Å². The number of hydrogen-bond acceptors (Lipinski definition) is 4. The third-order valence-corrected chi connectivity index (χ3v) is 5.64. The van der Waals surface area contributed by atoms with Crippen molar-refractivity contribution in [3.63, 3.8) is 0 Å². The predicted octanol–water partition coefficient (Wildman–Crippen LogP) is 3.65. The van der Waals surface area contributed by atoms with Crippen LogP contribution in [0.2, 0.25) is 0 Å². The van der Waals surface area contributed by atoms with Gasteiger partial charge in [0.25, 0.3) is 0 Å². The summed E-state index contributed by atoms with van der Waals surface area (Å²) in [6.45, 7) is 6.73. The van der Waals surface area contributed by atoms with E-state index in [4.69, 9.17) is 9.47 Å². The summed E-state index contributed by atoms with van der Waals surface area (Å²) in [5, 5.41) is 3.68. The van der Waals surface area contributed by atoms with Crippen LogP contribution in [0, 0.1) is 0 Å². The molecule has 4 heteroatoms. The van der Waals surface area contributed by atoms with Crippen LogP contribution in [0.15, 0.2) is 24.3 Å². The highest BCUT2D eigenvalue weighted by Crippen LogP contribution is 2.48. The molecule has 2 rings (SSSR count). The summed E-state index contributed by atoms with van der Waals surface area (Å²) in [5.41, 5.74) is 1.27. The van der Waals surface area contributed by atoms with Gasteiger partial charge in [-0.2, -0.15) is 11.8 Å². The maximum Gasteiger partial charge on any atom is 0.124 e. The van der Waals surface area contributed by atoms with Crippen molar-refractivity contribution in [2.24, 2.45) is 0 Å². The fraction of sp³-hybridized carbons (Fsp3) is 0.647. The number of ether oxygens (including phenoxy) is 2. The maximum absolute atomic E-state index is 5.94. The summed E-state index contributed by atoms with van der Waals surface area (Å²) in [5.74, 6) is 2.24. The smallest absolute Gasteiger partial charge is 0.124 e. The fourth-order valence-corrected chi connectivity index (χ4v) is 4.39. The van der Waals surface area contributed by atoms with Gasteiger partial charge >= 0.3 is 0 Å². The molecule has 1 aromatic rings. The van der Waals surface area contributed by atoms with Crippen molar-refractivity contribution in [3.8, 4) is 5.75 Å². The minimum absolute atomic E-state index is 0.247. The number of thioether (sulfide) groups is 1. The summed E-state index contributed by atoms with van der Waals surface area (Å²) < 4.78 is 11.3. The Morgan fingerprint density at radius 1 is 1.33 bits per heavy atom. The number of para-hydroxylation sites is 1. The van der Waals surface area contributed by atoms with Crippen LogP contribution in [0.5, 0.6) is 5.75 Å². The van der Waals surface area contributed by atoms with Crippen molar-refractivity contribution >= 4 is 11.8 Å². The molecule has 2 unspecified atom stereocenters. The highest BCUT2D eigenvalue weighted by Gasteiger charge is 2.39. The fourth-order valence-electron chi connectivity index (χ4n) is 2.97. The lowest BCUT2D eigenvalue weighted by Gasteiger charge is -2.35. The van der Waals surface area contributed by atoms with Gasteiger partial charge < -0.3 is 14.8 Å². The van der Waals surface area contributed by atoms with E-state index in [-0.39, 0.29) is 4.75 Å². The van der Waals surface area contributed by atoms with E-state index in [1.165, 1.54) is 24.2 Å². The molecule has 0 radical (unpaired) electrons. The molecule has 0 aliphatic carbocycles. The Morgan fingerprint density at radius 2 is 2.14 bits per heavy atom. The van der Waals surface area contributed by atoms with E-state index in [0.717, 1.165) is 12.3 Å². The molecule has 2 atom stereocenters. The number of benzene rings is 1. The molecule has 1 N–H and O–H groups in total. The largest absolute Gasteiger partial charge is 0.491 e. The van der Waals surface area contributed by atoms with Gasteiger partial charge in [0.2, 0.25) is 0 Å². The highest BCUT2D eigenvalue weighted by molar-refractivity contribution is 8.00. The molecule has 21 heavy (non-hydrogen) atoms. The average Bonchev–Trinajstić information content (AvgIpc) is 2.93. The van der Waals surface area contributed by atoms with Gasteiger partial charge in [-0.15, -0.1) is 0 Å². The second-order valence-corrected chi connectivity index (χ2v) is 7.26. The Kier molecular flexibility index (Phi) is 6.40. The van der Waals surface area contributed by atoms with Gasteiger partial charge in [-0.05, 0) is 38.1 Å². The summed E-state index contributed by atoms with van der Waals surface area (Å²) >= 11 is 2.08. The van der Waals surface area contributed by atoms with Crippen molar-refractivity contribution in [1.82, 2.24) is 5.32 Å². The van der Waals surface area contributed by atoms with E-state index < -0.39 is 0 Å². The van der Waals surface area contributed by atoms with Gasteiger partial charge in [-0.1, -0.05) is 25.1 Å². The van der Waals surface area contributed by atoms with Crippen LogP contribution in [0.25, 0.3) is 0 Å². The highest BCUT2D eigenvalue weighted by atomic mass is 32.2. The van der Waals surface area contributed by atoms with E-state index in [1.54, 1.807) is 7.11 Å². The summed E-state index contributed by atoms with van der Waals surface area (Å²) in [4.78, 5) is 0. The molecule has 0 amide bonds. The Labute approximate surface area is 132 Å². The molecule has 0 aromatic heterocycles. The topological polar surface area (TPSA) is 30.5 Å².